The van der Waals surface area contributed by atoms with Gasteiger partial charge in [-0.1, -0.05) is 23.7 Å². The highest BCUT2D eigenvalue weighted by Gasteiger charge is 2.25. The van der Waals surface area contributed by atoms with Crippen molar-refractivity contribution in [2.45, 2.75) is 10.9 Å². The first-order valence-corrected chi connectivity index (χ1v) is 10.1. The highest BCUT2D eigenvalue weighted by Crippen LogP contribution is 2.23. The highest BCUT2D eigenvalue weighted by molar-refractivity contribution is 7.89. The molecule has 8 heteroatoms. The second kappa shape index (κ2) is 8.45. The average Bonchev–Trinajstić information content (AvgIpc) is 2.64. The monoisotopic (exact) mass is 398 g/mol. The number of halogens is 2. The van der Waals surface area contributed by atoms with E-state index >= 15 is 0 Å². The van der Waals surface area contributed by atoms with E-state index in [2.05, 4.69) is 9.62 Å². The van der Waals surface area contributed by atoms with Crippen LogP contribution in [0.4, 0.5) is 4.39 Å². The number of hydrogen-bond acceptors (Lipinski definition) is 4. The standard InChI is InChI=1S/C18H20ClFN2O3S/c19-15-3-7-17(8-4-15)26(23,24)21-13-18(22-9-11-25-12-10-22)14-1-5-16(20)6-2-14/h1-8,18,21H,9-13H2. The molecule has 0 bridgehead atoms. The number of morpholine rings is 1. The van der Waals surface area contributed by atoms with Crippen molar-refractivity contribution in [2.24, 2.45) is 0 Å². The van der Waals surface area contributed by atoms with E-state index in [1.165, 1.54) is 36.4 Å². The first-order chi connectivity index (χ1) is 12.5. The van der Waals surface area contributed by atoms with Crippen LogP contribution in [0, 0.1) is 5.82 Å². The number of nitrogens with one attached hydrogen (secondary N) is 1. The molecule has 1 unspecified atom stereocenters. The molecule has 26 heavy (non-hydrogen) atoms. The number of nitrogens with zero attached hydrogens (tertiary/aromatic N) is 1. The molecule has 0 spiro atoms. The van der Waals surface area contributed by atoms with Crippen molar-refractivity contribution in [1.29, 1.82) is 0 Å². The van der Waals surface area contributed by atoms with Gasteiger partial charge in [-0.05, 0) is 42.0 Å². The van der Waals surface area contributed by atoms with E-state index in [1.54, 1.807) is 12.1 Å². The number of sulfonamides is 1. The molecule has 0 saturated carbocycles. The molecule has 5 nitrogen and oxygen atoms in total. The predicted octanol–water partition coefficient (Wildman–Crippen LogP) is 2.83. The van der Waals surface area contributed by atoms with Crippen molar-refractivity contribution in [3.8, 4) is 0 Å². The minimum atomic E-state index is -3.67. The first kappa shape index (κ1) is 19.3. The van der Waals surface area contributed by atoms with Gasteiger partial charge in [-0.3, -0.25) is 4.90 Å². The van der Waals surface area contributed by atoms with Crippen molar-refractivity contribution >= 4 is 21.6 Å². The van der Waals surface area contributed by atoms with Gasteiger partial charge < -0.3 is 4.74 Å². The Labute approximate surface area is 157 Å². The Hall–Kier alpha value is -1.51. The smallest absolute Gasteiger partial charge is 0.240 e. The first-order valence-electron chi connectivity index (χ1n) is 8.28. The fourth-order valence-electron chi connectivity index (χ4n) is 2.92. The summed E-state index contributed by atoms with van der Waals surface area (Å²) >= 11 is 5.82. The van der Waals surface area contributed by atoms with E-state index in [4.69, 9.17) is 16.3 Å². The van der Waals surface area contributed by atoms with Crippen LogP contribution in [0.1, 0.15) is 11.6 Å². The van der Waals surface area contributed by atoms with Crippen molar-refractivity contribution in [3.05, 3.63) is 64.9 Å². The van der Waals surface area contributed by atoms with Crippen LogP contribution in [-0.2, 0) is 14.8 Å². The van der Waals surface area contributed by atoms with E-state index in [-0.39, 0.29) is 23.3 Å². The lowest BCUT2D eigenvalue weighted by molar-refractivity contribution is 0.0172. The summed E-state index contributed by atoms with van der Waals surface area (Å²) in [6, 6.07) is 11.9. The minimum absolute atomic E-state index is 0.154. The predicted molar refractivity (Wildman–Crippen MR) is 98.2 cm³/mol. The maximum atomic E-state index is 13.3. The molecule has 1 atom stereocenters. The van der Waals surface area contributed by atoms with Gasteiger partial charge in [-0.25, -0.2) is 17.5 Å². The molecule has 140 valence electrons. The zero-order valence-corrected chi connectivity index (χ0v) is 15.6. The highest BCUT2D eigenvalue weighted by atomic mass is 35.5. The second-order valence-electron chi connectivity index (χ2n) is 6.02. The van der Waals surface area contributed by atoms with E-state index in [9.17, 15) is 12.8 Å². The summed E-state index contributed by atoms with van der Waals surface area (Å²) in [5.41, 5.74) is 0.854. The average molecular weight is 399 g/mol. The van der Waals surface area contributed by atoms with Crippen LogP contribution in [0.15, 0.2) is 53.4 Å². The molecule has 1 heterocycles. The quantitative estimate of drug-likeness (QED) is 0.812. The fraction of sp³-hybridized carbons (Fsp3) is 0.333. The summed E-state index contributed by atoms with van der Waals surface area (Å²) < 4.78 is 46.4. The molecule has 0 aliphatic carbocycles. The number of benzene rings is 2. The van der Waals surface area contributed by atoms with Gasteiger partial charge in [0.2, 0.25) is 10.0 Å². The third kappa shape index (κ3) is 4.81. The van der Waals surface area contributed by atoms with Crippen LogP contribution >= 0.6 is 11.6 Å². The Balaban J connectivity index is 1.78. The van der Waals surface area contributed by atoms with Gasteiger partial charge in [-0.15, -0.1) is 0 Å². The number of rotatable bonds is 6. The summed E-state index contributed by atoms with van der Waals surface area (Å²) in [6.07, 6.45) is 0. The molecule has 0 radical (unpaired) electrons. The Bertz CT molecular complexity index is 823. The van der Waals surface area contributed by atoms with Crippen LogP contribution in [0.2, 0.25) is 5.02 Å². The molecule has 0 amide bonds. The van der Waals surface area contributed by atoms with E-state index in [1.807, 2.05) is 0 Å². The molecular weight excluding hydrogens is 379 g/mol. The largest absolute Gasteiger partial charge is 0.379 e. The Kier molecular flexibility index (Phi) is 6.26. The van der Waals surface area contributed by atoms with Gasteiger partial charge >= 0.3 is 0 Å². The van der Waals surface area contributed by atoms with Crippen LogP contribution in [0.3, 0.4) is 0 Å². The van der Waals surface area contributed by atoms with Gasteiger partial charge in [-0.2, -0.15) is 0 Å². The van der Waals surface area contributed by atoms with Crippen LogP contribution in [-0.4, -0.2) is 46.2 Å². The van der Waals surface area contributed by atoms with Gasteiger partial charge in [0, 0.05) is 30.7 Å². The van der Waals surface area contributed by atoms with Gasteiger partial charge in [0.1, 0.15) is 5.82 Å². The number of hydrogen-bond donors (Lipinski definition) is 1. The van der Waals surface area contributed by atoms with Crippen molar-refractivity contribution < 1.29 is 17.5 Å². The summed E-state index contributed by atoms with van der Waals surface area (Å²) in [5, 5.41) is 0.474. The Morgan fingerprint density at radius 2 is 1.69 bits per heavy atom. The maximum absolute atomic E-state index is 13.3. The molecule has 2 aromatic rings. The van der Waals surface area contributed by atoms with E-state index in [0.29, 0.717) is 31.3 Å². The third-order valence-corrected chi connectivity index (χ3v) is 6.02. The van der Waals surface area contributed by atoms with Gasteiger partial charge in [0.05, 0.1) is 18.1 Å². The minimum Gasteiger partial charge on any atom is -0.379 e. The van der Waals surface area contributed by atoms with Crippen LogP contribution in [0.25, 0.3) is 0 Å². The molecular formula is C18H20ClFN2O3S. The van der Waals surface area contributed by atoms with E-state index < -0.39 is 10.0 Å². The second-order valence-corrected chi connectivity index (χ2v) is 8.22. The van der Waals surface area contributed by atoms with Crippen molar-refractivity contribution in [3.63, 3.8) is 0 Å². The zero-order valence-electron chi connectivity index (χ0n) is 14.1. The van der Waals surface area contributed by atoms with Crippen molar-refractivity contribution in [2.75, 3.05) is 32.8 Å². The Morgan fingerprint density at radius 1 is 1.08 bits per heavy atom. The fourth-order valence-corrected chi connectivity index (χ4v) is 4.08. The van der Waals surface area contributed by atoms with Gasteiger partial charge in [0.15, 0.2) is 0 Å². The summed E-state index contributed by atoms with van der Waals surface area (Å²) in [6.45, 7) is 2.72. The maximum Gasteiger partial charge on any atom is 0.240 e. The molecule has 0 aromatic heterocycles. The molecule has 1 aliphatic heterocycles. The normalized spacial score (nSPS) is 17.2. The topological polar surface area (TPSA) is 58.6 Å². The lowest BCUT2D eigenvalue weighted by atomic mass is 10.0. The van der Waals surface area contributed by atoms with Gasteiger partial charge in [0.25, 0.3) is 0 Å². The third-order valence-electron chi connectivity index (χ3n) is 4.33. The van der Waals surface area contributed by atoms with Crippen LogP contribution in [0.5, 0.6) is 0 Å². The molecule has 1 fully saturated rings. The van der Waals surface area contributed by atoms with Crippen molar-refractivity contribution in [1.82, 2.24) is 9.62 Å². The SMILES string of the molecule is O=S(=O)(NCC(c1ccc(F)cc1)N1CCOCC1)c1ccc(Cl)cc1. The van der Waals surface area contributed by atoms with E-state index in [0.717, 1.165) is 5.56 Å². The molecule has 1 saturated heterocycles. The summed E-state index contributed by atoms with van der Waals surface area (Å²) in [7, 11) is -3.67. The number of ether oxygens (including phenoxy) is 1. The lowest BCUT2D eigenvalue weighted by Gasteiger charge is -2.34. The molecule has 1 aliphatic rings. The lowest BCUT2D eigenvalue weighted by Crippen LogP contribution is -2.43. The molecule has 2 aromatic carbocycles. The Morgan fingerprint density at radius 3 is 2.31 bits per heavy atom. The summed E-state index contributed by atoms with van der Waals surface area (Å²) in [5.74, 6) is -0.323. The summed E-state index contributed by atoms with van der Waals surface area (Å²) in [4.78, 5) is 2.29. The molecule has 3 rings (SSSR count). The zero-order chi connectivity index (χ0) is 18.6. The molecule has 1 N–H and O–H groups in total. The van der Waals surface area contributed by atoms with Crippen LogP contribution < -0.4 is 4.72 Å².